The molecule has 0 radical (unpaired) electrons. The molecular weight excluding hydrogens is 324 g/mol. The van der Waals surface area contributed by atoms with E-state index in [1.54, 1.807) is 18.0 Å². The van der Waals surface area contributed by atoms with Crippen LogP contribution in [0.4, 0.5) is 5.13 Å². The quantitative estimate of drug-likeness (QED) is 0.763. The first-order valence-electron chi connectivity index (χ1n) is 6.23. The zero-order chi connectivity index (χ0) is 15.5. The molecule has 0 fully saturated rings. The van der Waals surface area contributed by atoms with E-state index >= 15 is 0 Å². The van der Waals surface area contributed by atoms with Gasteiger partial charge in [0.25, 0.3) is 5.91 Å². The van der Waals surface area contributed by atoms with E-state index in [4.69, 9.17) is 4.74 Å². The minimum Gasteiger partial charge on any atom is -0.378 e. The van der Waals surface area contributed by atoms with Gasteiger partial charge in [0.05, 0.1) is 24.6 Å². The second-order valence-corrected chi connectivity index (χ2v) is 6.20. The molecule has 1 amide bonds. The van der Waals surface area contributed by atoms with Crippen molar-refractivity contribution < 1.29 is 9.53 Å². The molecule has 3 heterocycles. The fraction of sp³-hybridized carbons (Fsp3) is 0.250. The molecule has 3 aromatic heterocycles. The normalized spacial score (nSPS) is 10.8. The van der Waals surface area contributed by atoms with Gasteiger partial charge < -0.3 is 4.74 Å². The van der Waals surface area contributed by atoms with Crippen molar-refractivity contribution in [3.05, 3.63) is 28.5 Å². The fourth-order valence-corrected chi connectivity index (χ4v) is 3.06. The van der Waals surface area contributed by atoms with Crippen LogP contribution >= 0.6 is 22.9 Å². The Balaban J connectivity index is 1.70. The van der Waals surface area contributed by atoms with E-state index in [-0.39, 0.29) is 5.91 Å². The van der Waals surface area contributed by atoms with Crippen molar-refractivity contribution in [2.24, 2.45) is 7.05 Å². The third-order valence-corrected chi connectivity index (χ3v) is 4.25. The van der Waals surface area contributed by atoms with Crippen LogP contribution in [0.25, 0.3) is 11.4 Å². The number of hydrogen-bond acceptors (Lipinski definition) is 8. The van der Waals surface area contributed by atoms with Crippen molar-refractivity contribution in [1.82, 2.24) is 24.1 Å². The van der Waals surface area contributed by atoms with Crippen molar-refractivity contribution >= 4 is 33.9 Å². The Kier molecular flexibility index (Phi) is 4.22. The van der Waals surface area contributed by atoms with E-state index < -0.39 is 0 Å². The zero-order valence-corrected chi connectivity index (χ0v) is 13.4. The molecule has 8 nitrogen and oxygen atoms in total. The van der Waals surface area contributed by atoms with E-state index in [1.807, 2.05) is 13.2 Å². The Morgan fingerprint density at radius 3 is 3.05 bits per heavy atom. The Morgan fingerprint density at radius 1 is 1.45 bits per heavy atom. The van der Waals surface area contributed by atoms with E-state index in [1.165, 1.54) is 17.5 Å². The van der Waals surface area contributed by atoms with Crippen LogP contribution in [0.5, 0.6) is 0 Å². The number of nitrogens with zero attached hydrogens (tertiary/aromatic N) is 5. The minimum absolute atomic E-state index is 0.256. The number of aromatic nitrogens is 5. The summed E-state index contributed by atoms with van der Waals surface area (Å²) in [6, 6.07) is 0. The first-order valence-corrected chi connectivity index (χ1v) is 7.82. The van der Waals surface area contributed by atoms with Gasteiger partial charge in [-0.25, -0.2) is 4.98 Å². The SMILES string of the molecule is COCc1ncc(C(=O)Nc2nc(-c3cnn(C)c3)ns2)s1. The van der Waals surface area contributed by atoms with Gasteiger partial charge in [0.1, 0.15) is 9.88 Å². The molecular formula is C12H12N6O2S2. The standard InChI is InChI=1S/C12H12N6O2S2/c1-18-5-7(3-14-18)10-15-12(22-17-10)16-11(19)8-4-13-9(21-8)6-20-2/h3-5H,6H2,1-2H3,(H,15,16,17,19). The van der Waals surface area contributed by atoms with Gasteiger partial charge >= 0.3 is 0 Å². The molecule has 0 unspecified atom stereocenters. The predicted molar refractivity (Wildman–Crippen MR) is 82.9 cm³/mol. The number of carbonyl (C=O) groups excluding carboxylic acids is 1. The molecule has 10 heteroatoms. The number of amides is 1. The number of aryl methyl sites for hydroxylation is 1. The van der Waals surface area contributed by atoms with Crippen molar-refractivity contribution in [1.29, 1.82) is 0 Å². The topological polar surface area (TPSA) is 94.8 Å². The highest BCUT2D eigenvalue weighted by atomic mass is 32.1. The third-order valence-electron chi connectivity index (χ3n) is 2.65. The molecule has 114 valence electrons. The van der Waals surface area contributed by atoms with Crippen molar-refractivity contribution in [3.63, 3.8) is 0 Å². The van der Waals surface area contributed by atoms with Gasteiger partial charge in [-0.2, -0.15) is 14.5 Å². The van der Waals surface area contributed by atoms with Crippen LogP contribution in [0.2, 0.25) is 0 Å². The van der Waals surface area contributed by atoms with Gasteiger partial charge in [0.2, 0.25) is 5.13 Å². The Labute approximate surface area is 134 Å². The van der Waals surface area contributed by atoms with Gasteiger partial charge in [-0.05, 0) is 0 Å². The Hall–Kier alpha value is -2.17. The number of nitrogens with one attached hydrogen (secondary N) is 1. The summed E-state index contributed by atoms with van der Waals surface area (Å²) in [5.41, 5.74) is 0.805. The summed E-state index contributed by atoms with van der Waals surface area (Å²) in [6.45, 7) is 0.391. The molecule has 0 atom stereocenters. The Morgan fingerprint density at radius 2 is 2.32 bits per heavy atom. The lowest BCUT2D eigenvalue weighted by Gasteiger charge is -1.96. The molecule has 3 rings (SSSR count). The largest absolute Gasteiger partial charge is 0.378 e. The summed E-state index contributed by atoms with van der Waals surface area (Å²) in [4.78, 5) is 21.0. The zero-order valence-electron chi connectivity index (χ0n) is 11.8. The van der Waals surface area contributed by atoms with Crippen LogP contribution in [0.3, 0.4) is 0 Å². The van der Waals surface area contributed by atoms with Crippen molar-refractivity contribution in [2.45, 2.75) is 6.61 Å². The lowest BCUT2D eigenvalue weighted by molar-refractivity contribution is 0.103. The van der Waals surface area contributed by atoms with Crippen LogP contribution in [0.1, 0.15) is 14.7 Å². The molecule has 0 aromatic carbocycles. The fourth-order valence-electron chi connectivity index (χ4n) is 1.69. The third kappa shape index (κ3) is 3.18. The minimum atomic E-state index is -0.256. The van der Waals surface area contributed by atoms with E-state index in [9.17, 15) is 4.79 Å². The van der Waals surface area contributed by atoms with Crippen molar-refractivity contribution in [3.8, 4) is 11.4 Å². The summed E-state index contributed by atoms with van der Waals surface area (Å²) >= 11 is 2.41. The summed E-state index contributed by atoms with van der Waals surface area (Å²) < 4.78 is 10.9. The second-order valence-electron chi connectivity index (χ2n) is 4.33. The molecule has 0 aliphatic rings. The number of hydrogen-bond donors (Lipinski definition) is 1. The van der Waals surface area contributed by atoms with Crippen LogP contribution in [-0.4, -0.2) is 37.1 Å². The summed E-state index contributed by atoms with van der Waals surface area (Å²) in [5.74, 6) is 0.284. The second kappa shape index (κ2) is 6.30. The Bertz CT molecular complexity index is 793. The van der Waals surface area contributed by atoms with E-state index in [2.05, 4.69) is 24.8 Å². The summed E-state index contributed by atoms with van der Waals surface area (Å²) in [7, 11) is 3.41. The van der Waals surface area contributed by atoms with E-state index in [0.29, 0.717) is 22.4 Å². The maximum atomic E-state index is 12.1. The molecule has 0 spiro atoms. The van der Waals surface area contributed by atoms with Gasteiger partial charge in [0, 0.05) is 31.9 Å². The first-order chi connectivity index (χ1) is 10.7. The molecule has 1 N–H and O–H groups in total. The number of anilines is 1. The summed E-state index contributed by atoms with van der Waals surface area (Å²) in [6.07, 6.45) is 5.01. The molecule has 0 aliphatic carbocycles. The highest BCUT2D eigenvalue weighted by Crippen LogP contribution is 2.22. The van der Waals surface area contributed by atoms with Crippen molar-refractivity contribution in [2.75, 3.05) is 12.4 Å². The lowest BCUT2D eigenvalue weighted by Crippen LogP contribution is -2.09. The molecule has 0 saturated carbocycles. The highest BCUT2D eigenvalue weighted by Gasteiger charge is 2.14. The van der Waals surface area contributed by atoms with Crippen LogP contribution in [0, 0.1) is 0 Å². The first kappa shape index (κ1) is 14.8. The number of thiazole rings is 1. The molecule has 0 saturated heterocycles. The summed E-state index contributed by atoms with van der Waals surface area (Å²) in [5, 5.41) is 7.97. The maximum Gasteiger partial charge on any atom is 0.269 e. The average Bonchev–Trinajstić information content (AvgIpc) is 3.19. The number of rotatable bonds is 5. The number of ether oxygens (including phenoxy) is 1. The van der Waals surface area contributed by atoms with Crippen LogP contribution in [0.15, 0.2) is 18.6 Å². The maximum absolute atomic E-state index is 12.1. The molecule has 0 aliphatic heterocycles. The molecule has 0 bridgehead atoms. The molecule has 22 heavy (non-hydrogen) atoms. The number of carbonyl (C=O) groups is 1. The van der Waals surface area contributed by atoms with Gasteiger partial charge in [0.15, 0.2) is 5.82 Å². The number of methoxy groups -OCH3 is 1. The van der Waals surface area contributed by atoms with Gasteiger partial charge in [-0.3, -0.25) is 14.8 Å². The van der Waals surface area contributed by atoms with Gasteiger partial charge in [-0.15, -0.1) is 11.3 Å². The molecule has 3 aromatic rings. The highest BCUT2D eigenvalue weighted by molar-refractivity contribution is 7.14. The van der Waals surface area contributed by atoms with Gasteiger partial charge in [-0.1, -0.05) is 0 Å². The lowest BCUT2D eigenvalue weighted by atomic mass is 10.3. The van der Waals surface area contributed by atoms with Crippen LogP contribution in [-0.2, 0) is 18.4 Å². The monoisotopic (exact) mass is 336 g/mol. The van der Waals surface area contributed by atoms with Crippen LogP contribution < -0.4 is 5.32 Å². The average molecular weight is 336 g/mol. The predicted octanol–water partition coefficient (Wildman–Crippen LogP) is 1.79. The van der Waals surface area contributed by atoms with E-state index in [0.717, 1.165) is 22.1 Å². The smallest absolute Gasteiger partial charge is 0.269 e.